The van der Waals surface area contributed by atoms with Crippen molar-refractivity contribution in [2.45, 2.75) is 25.9 Å². The first-order valence-corrected chi connectivity index (χ1v) is 11.7. The van der Waals surface area contributed by atoms with E-state index in [1.54, 1.807) is 23.5 Å². The quantitative estimate of drug-likeness (QED) is 0.347. The second-order valence-corrected chi connectivity index (χ2v) is 9.18. The monoisotopic (exact) mass is 457 g/mol. The SMILES string of the molecule is O=C(Cc1csc(COc2ccc(Cl)cc2)n1)NCCCc1nc2ccccc2s1. The average Bonchev–Trinajstić information content (AvgIpc) is 3.37. The van der Waals surface area contributed by atoms with Crippen molar-refractivity contribution in [1.29, 1.82) is 0 Å². The molecule has 154 valence electrons. The minimum atomic E-state index is -0.0187. The topological polar surface area (TPSA) is 64.1 Å². The van der Waals surface area contributed by atoms with Gasteiger partial charge in [0.05, 0.1) is 27.3 Å². The van der Waals surface area contributed by atoms with Gasteiger partial charge in [-0.2, -0.15) is 0 Å². The summed E-state index contributed by atoms with van der Waals surface area (Å²) in [6, 6.07) is 15.3. The fraction of sp³-hybridized carbons (Fsp3) is 0.227. The highest BCUT2D eigenvalue weighted by Gasteiger charge is 2.09. The molecule has 0 spiro atoms. The number of rotatable bonds is 9. The standard InChI is InChI=1S/C22H20ClN3O2S2/c23-15-7-9-17(10-8-15)28-13-22-25-16(14-29-22)12-20(27)24-11-3-6-21-26-18-4-1-2-5-19(18)30-21/h1-2,4-5,7-10,14H,3,6,11-13H2,(H,24,27). The number of para-hydroxylation sites is 1. The summed E-state index contributed by atoms with van der Waals surface area (Å²) < 4.78 is 6.90. The zero-order valence-electron chi connectivity index (χ0n) is 16.1. The van der Waals surface area contributed by atoms with E-state index >= 15 is 0 Å². The number of fused-ring (bicyclic) bond motifs is 1. The molecule has 0 atom stereocenters. The Morgan fingerprint density at radius 1 is 1.07 bits per heavy atom. The largest absolute Gasteiger partial charge is 0.486 e. The molecule has 0 bridgehead atoms. The summed E-state index contributed by atoms with van der Waals surface area (Å²) in [7, 11) is 0. The zero-order chi connectivity index (χ0) is 20.8. The van der Waals surface area contributed by atoms with Crippen molar-refractivity contribution in [3.05, 3.63) is 74.6 Å². The lowest BCUT2D eigenvalue weighted by Crippen LogP contribution is -2.26. The summed E-state index contributed by atoms with van der Waals surface area (Å²) >= 11 is 9.07. The Morgan fingerprint density at radius 3 is 2.73 bits per heavy atom. The van der Waals surface area contributed by atoms with E-state index in [-0.39, 0.29) is 12.3 Å². The van der Waals surface area contributed by atoms with Crippen LogP contribution in [0.3, 0.4) is 0 Å². The molecule has 0 fully saturated rings. The van der Waals surface area contributed by atoms with Crippen LogP contribution in [0.15, 0.2) is 53.9 Å². The second-order valence-electron chi connectivity index (χ2n) is 6.68. The molecule has 0 aliphatic heterocycles. The lowest BCUT2D eigenvalue weighted by Gasteiger charge is -2.04. The first-order chi connectivity index (χ1) is 14.7. The molecule has 0 saturated heterocycles. The van der Waals surface area contributed by atoms with Crippen molar-refractivity contribution in [2.24, 2.45) is 0 Å². The number of aromatic nitrogens is 2. The van der Waals surface area contributed by atoms with E-state index in [1.807, 2.05) is 35.7 Å². The average molecular weight is 458 g/mol. The molecule has 0 aliphatic carbocycles. The molecule has 5 nitrogen and oxygen atoms in total. The maximum Gasteiger partial charge on any atom is 0.226 e. The molecule has 2 aromatic carbocycles. The number of hydrogen-bond acceptors (Lipinski definition) is 6. The van der Waals surface area contributed by atoms with Crippen molar-refractivity contribution < 1.29 is 9.53 Å². The van der Waals surface area contributed by atoms with Crippen LogP contribution in [-0.4, -0.2) is 22.4 Å². The predicted molar refractivity (Wildman–Crippen MR) is 123 cm³/mol. The van der Waals surface area contributed by atoms with Crippen molar-refractivity contribution in [2.75, 3.05) is 6.54 Å². The minimum absolute atomic E-state index is 0.0187. The van der Waals surface area contributed by atoms with Gasteiger partial charge in [0, 0.05) is 23.4 Å². The Kier molecular flexibility index (Phi) is 6.94. The van der Waals surface area contributed by atoms with E-state index in [9.17, 15) is 4.79 Å². The van der Waals surface area contributed by atoms with Crippen molar-refractivity contribution in [1.82, 2.24) is 15.3 Å². The van der Waals surface area contributed by atoms with E-state index in [0.717, 1.165) is 39.8 Å². The van der Waals surface area contributed by atoms with Gasteiger partial charge in [0.2, 0.25) is 5.91 Å². The van der Waals surface area contributed by atoms with Gasteiger partial charge in [0.15, 0.2) is 0 Å². The van der Waals surface area contributed by atoms with E-state index in [0.29, 0.717) is 18.2 Å². The highest BCUT2D eigenvalue weighted by molar-refractivity contribution is 7.18. The maximum atomic E-state index is 12.2. The Morgan fingerprint density at radius 2 is 1.90 bits per heavy atom. The summed E-state index contributed by atoms with van der Waals surface area (Å²) in [5.74, 6) is 0.719. The van der Waals surface area contributed by atoms with Crippen LogP contribution in [0.5, 0.6) is 5.75 Å². The number of nitrogens with one attached hydrogen (secondary N) is 1. The molecular formula is C22H20ClN3O2S2. The Bertz CT molecular complexity index is 1090. The number of nitrogens with zero attached hydrogens (tertiary/aromatic N) is 2. The highest BCUT2D eigenvalue weighted by atomic mass is 35.5. The van der Waals surface area contributed by atoms with Crippen LogP contribution in [0.2, 0.25) is 5.02 Å². The van der Waals surface area contributed by atoms with Gasteiger partial charge in [-0.05, 0) is 42.8 Å². The van der Waals surface area contributed by atoms with Crippen LogP contribution in [0, 0.1) is 0 Å². The molecule has 0 saturated carbocycles. The normalized spacial score (nSPS) is 11.0. The first kappa shape index (κ1) is 20.8. The summed E-state index contributed by atoms with van der Waals surface area (Å²) in [6.07, 6.45) is 2.00. The number of aryl methyl sites for hydroxylation is 1. The number of carbonyl (C=O) groups excluding carboxylic acids is 1. The third-order valence-electron chi connectivity index (χ3n) is 4.34. The van der Waals surface area contributed by atoms with Gasteiger partial charge >= 0.3 is 0 Å². The van der Waals surface area contributed by atoms with Crippen LogP contribution in [0.4, 0.5) is 0 Å². The van der Waals surface area contributed by atoms with Gasteiger partial charge in [0.25, 0.3) is 0 Å². The van der Waals surface area contributed by atoms with Gasteiger partial charge < -0.3 is 10.1 Å². The number of ether oxygens (including phenoxy) is 1. The minimum Gasteiger partial charge on any atom is -0.486 e. The number of amides is 1. The van der Waals surface area contributed by atoms with Gasteiger partial charge in [-0.3, -0.25) is 4.79 Å². The maximum absolute atomic E-state index is 12.2. The molecule has 30 heavy (non-hydrogen) atoms. The fourth-order valence-corrected chi connectivity index (χ4v) is 4.73. The number of halogens is 1. The molecule has 0 unspecified atom stereocenters. The van der Waals surface area contributed by atoms with Gasteiger partial charge in [0.1, 0.15) is 17.4 Å². The van der Waals surface area contributed by atoms with E-state index in [1.165, 1.54) is 16.0 Å². The highest BCUT2D eigenvalue weighted by Crippen LogP contribution is 2.22. The Balaban J connectivity index is 1.17. The van der Waals surface area contributed by atoms with Crippen LogP contribution in [0.1, 0.15) is 22.1 Å². The molecule has 0 radical (unpaired) electrons. The van der Waals surface area contributed by atoms with Crippen LogP contribution in [-0.2, 0) is 24.2 Å². The third-order valence-corrected chi connectivity index (χ3v) is 6.56. The Hall–Kier alpha value is -2.48. The van der Waals surface area contributed by atoms with Crippen LogP contribution in [0.25, 0.3) is 10.2 Å². The van der Waals surface area contributed by atoms with Gasteiger partial charge in [-0.25, -0.2) is 9.97 Å². The molecule has 1 N–H and O–H groups in total. The smallest absolute Gasteiger partial charge is 0.226 e. The zero-order valence-corrected chi connectivity index (χ0v) is 18.5. The molecule has 1 amide bonds. The Labute approximate surface area is 187 Å². The van der Waals surface area contributed by atoms with E-state index < -0.39 is 0 Å². The number of thiazole rings is 2. The van der Waals surface area contributed by atoms with Crippen molar-refractivity contribution in [3.63, 3.8) is 0 Å². The molecule has 8 heteroatoms. The number of hydrogen-bond donors (Lipinski definition) is 1. The van der Waals surface area contributed by atoms with Gasteiger partial charge in [-0.15, -0.1) is 22.7 Å². The molecule has 2 heterocycles. The van der Waals surface area contributed by atoms with E-state index in [2.05, 4.69) is 21.4 Å². The molecule has 4 rings (SSSR count). The summed E-state index contributed by atoms with van der Waals surface area (Å²) in [5.41, 5.74) is 1.80. The summed E-state index contributed by atoms with van der Waals surface area (Å²) in [6.45, 7) is 1.00. The van der Waals surface area contributed by atoms with Gasteiger partial charge in [-0.1, -0.05) is 23.7 Å². The van der Waals surface area contributed by atoms with Crippen LogP contribution < -0.4 is 10.1 Å². The van der Waals surface area contributed by atoms with Crippen LogP contribution >= 0.6 is 34.3 Å². The lowest BCUT2D eigenvalue weighted by atomic mass is 10.3. The molecule has 0 aliphatic rings. The fourth-order valence-electron chi connectivity index (χ4n) is 2.89. The van der Waals surface area contributed by atoms with Crippen molar-refractivity contribution in [3.8, 4) is 5.75 Å². The lowest BCUT2D eigenvalue weighted by molar-refractivity contribution is -0.120. The predicted octanol–water partition coefficient (Wildman–Crippen LogP) is 5.28. The molecular weight excluding hydrogens is 438 g/mol. The summed E-state index contributed by atoms with van der Waals surface area (Å²) in [4.78, 5) is 21.3. The number of carbonyl (C=O) groups is 1. The molecule has 4 aromatic rings. The number of benzene rings is 2. The summed E-state index contributed by atoms with van der Waals surface area (Å²) in [5, 5.41) is 7.49. The first-order valence-electron chi connectivity index (χ1n) is 9.58. The molecule has 2 aromatic heterocycles. The van der Waals surface area contributed by atoms with Crippen molar-refractivity contribution >= 4 is 50.4 Å². The second kappa shape index (κ2) is 10.0. The van der Waals surface area contributed by atoms with E-state index in [4.69, 9.17) is 16.3 Å². The third kappa shape index (κ3) is 5.78.